The van der Waals surface area contributed by atoms with Gasteiger partial charge in [-0.2, -0.15) is 0 Å². The molecule has 0 aliphatic rings. The molecule has 0 bridgehead atoms. The SMILES string of the molecule is CCCC(=O)CCCC(C)[N+](C)(C)C. The first-order valence-electron chi connectivity index (χ1n) is 5.70. The Labute approximate surface area is 88.9 Å². The van der Waals surface area contributed by atoms with E-state index < -0.39 is 0 Å². The number of rotatable bonds is 7. The van der Waals surface area contributed by atoms with Gasteiger partial charge in [-0.15, -0.1) is 0 Å². The molecule has 0 aromatic heterocycles. The van der Waals surface area contributed by atoms with E-state index in [4.69, 9.17) is 0 Å². The Bertz CT molecular complexity index is 170. The third kappa shape index (κ3) is 6.14. The van der Waals surface area contributed by atoms with Gasteiger partial charge in [0.2, 0.25) is 0 Å². The summed E-state index contributed by atoms with van der Waals surface area (Å²) in [6.07, 6.45) is 4.73. The van der Waals surface area contributed by atoms with Gasteiger partial charge in [0.05, 0.1) is 27.2 Å². The van der Waals surface area contributed by atoms with Crippen molar-refractivity contribution in [2.45, 2.75) is 52.0 Å². The molecular weight excluding hydrogens is 174 g/mol. The Balaban J connectivity index is 3.59. The molecule has 14 heavy (non-hydrogen) atoms. The molecule has 1 atom stereocenters. The Morgan fingerprint density at radius 1 is 1.21 bits per heavy atom. The van der Waals surface area contributed by atoms with E-state index in [1.807, 2.05) is 0 Å². The van der Waals surface area contributed by atoms with Crippen LogP contribution in [-0.4, -0.2) is 37.5 Å². The van der Waals surface area contributed by atoms with Crippen molar-refractivity contribution in [2.75, 3.05) is 21.1 Å². The Morgan fingerprint density at radius 2 is 1.79 bits per heavy atom. The first-order valence-corrected chi connectivity index (χ1v) is 5.70. The molecule has 0 aromatic carbocycles. The summed E-state index contributed by atoms with van der Waals surface area (Å²) >= 11 is 0. The van der Waals surface area contributed by atoms with Crippen LogP contribution in [0.3, 0.4) is 0 Å². The zero-order chi connectivity index (χ0) is 11.2. The van der Waals surface area contributed by atoms with Crippen molar-refractivity contribution in [1.29, 1.82) is 0 Å². The van der Waals surface area contributed by atoms with E-state index in [0.717, 1.165) is 36.6 Å². The number of Topliss-reactive ketones (excluding diaryl/α,β-unsaturated/α-hetero) is 1. The van der Waals surface area contributed by atoms with Crippen molar-refractivity contribution < 1.29 is 9.28 Å². The van der Waals surface area contributed by atoms with Crippen molar-refractivity contribution in [1.82, 2.24) is 0 Å². The van der Waals surface area contributed by atoms with Gasteiger partial charge in [-0.1, -0.05) is 6.92 Å². The standard InChI is InChI=1S/C12H26NO/c1-6-8-12(14)10-7-9-11(2)13(3,4)5/h11H,6-10H2,1-5H3/q+1. The minimum Gasteiger partial charge on any atom is -0.329 e. The quantitative estimate of drug-likeness (QED) is 0.577. The third-order valence-electron chi connectivity index (χ3n) is 2.93. The fraction of sp³-hybridized carbons (Fsp3) is 0.917. The number of carbonyl (C=O) groups excluding carboxylic acids is 1. The van der Waals surface area contributed by atoms with E-state index in [1.165, 1.54) is 0 Å². The summed E-state index contributed by atoms with van der Waals surface area (Å²) in [5, 5.41) is 0. The second kappa shape index (κ2) is 6.18. The highest BCUT2D eigenvalue weighted by Crippen LogP contribution is 2.11. The van der Waals surface area contributed by atoms with Crippen LogP contribution in [0.2, 0.25) is 0 Å². The van der Waals surface area contributed by atoms with E-state index in [1.54, 1.807) is 0 Å². The first-order chi connectivity index (χ1) is 6.38. The molecule has 0 heterocycles. The first kappa shape index (κ1) is 13.6. The van der Waals surface area contributed by atoms with Crippen LogP contribution in [0.1, 0.15) is 46.0 Å². The summed E-state index contributed by atoms with van der Waals surface area (Å²) in [6.45, 7) is 4.32. The van der Waals surface area contributed by atoms with Crippen LogP contribution in [0.15, 0.2) is 0 Å². The molecule has 0 aromatic rings. The van der Waals surface area contributed by atoms with Gasteiger partial charge in [-0.3, -0.25) is 4.79 Å². The van der Waals surface area contributed by atoms with Crippen LogP contribution in [0.25, 0.3) is 0 Å². The second-order valence-corrected chi connectivity index (χ2v) is 5.15. The van der Waals surface area contributed by atoms with Crippen LogP contribution in [-0.2, 0) is 4.79 Å². The van der Waals surface area contributed by atoms with Crippen molar-refractivity contribution in [2.24, 2.45) is 0 Å². The largest absolute Gasteiger partial charge is 0.329 e. The van der Waals surface area contributed by atoms with Crippen LogP contribution in [0.5, 0.6) is 0 Å². The summed E-state index contributed by atoms with van der Waals surface area (Å²) in [6, 6.07) is 0.643. The van der Waals surface area contributed by atoms with Crippen LogP contribution >= 0.6 is 0 Å². The highest BCUT2D eigenvalue weighted by molar-refractivity contribution is 5.78. The van der Waals surface area contributed by atoms with Crippen molar-refractivity contribution in [3.8, 4) is 0 Å². The van der Waals surface area contributed by atoms with E-state index in [2.05, 4.69) is 35.0 Å². The van der Waals surface area contributed by atoms with Crippen LogP contribution in [0, 0.1) is 0 Å². The molecule has 0 radical (unpaired) electrons. The second-order valence-electron chi connectivity index (χ2n) is 5.15. The molecule has 84 valence electrons. The van der Waals surface area contributed by atoms with Gasteiger partial charge in [0, 0.05) is 12.8 Å². The highest BCUT2D eigenvalue weighted by atomic mass is 16.1. The fourth-order valence-electron chi connectivity index (χ4n) is 1.39. The van der Waals surface area contributed by atoms with Crippen molar-refractivity contribution in [3.63, 3.8) is 0 Å². The molecule has 0 N–H and O–H groups in total. The normalized spacial score (nSPS) is 14.1. The summed E-state index contributed by atoms with van der Waals surface area (Å²) in [4.78, 5) is 11.3. The summed E-state index contributed by atoms with van der Waals surface area (Å²) in [5.41, 5.74) is 0. The van der Waals surface area contributed by atoms with Crippen LogP contribution in [0.4, 0.5) is 0 Å². The van der Waals surface area contributed by atoms with Crippen LogP contribution < -0.4 is 0 Å². The minimum atomic E-state index is 0.432. The predicted molar refractivity (Wildman–Crippen MR) is 61.3 cm³/mol. The van der Waals surface area contributed by atoms with Crippen molar-refractivity contribution >= 4 is 5.78 Å². The maximum Gasteiger partial charge on any atom is 0.132 e. The lowest BCUT2D eigenvalue weighted by molar-refractivity contribution is -0.894. The van der Waals surface area contributed by atoms with Gasteiger partial charge in [-0.05, 0) is 26.2 Å². The van der Waals surface area contributed by atoms with Gasteiger partial charge in [0.25, 0.3) is 0 Å². The molecule has 0 saturated carbocycles. The van der Waals surface area contributed by atoms with Gasteiger partial charge in [-0.25, -0.2) is 0 Å². The molecule has 0 saturated heterocycles. The summed E-state index contributed by atoms with van der Waals surface area (Å²) < 4.78 is 0.988. The number of quaternary nitrogens is 1. The van der Waals surface area contributed by atoms with Crippen molar-refractivity contribution in [3.05, 3.63) is 0 Å². The van der Waals surface area contributed by atoms with E-state index in [9.17, 15) is 4.79 Å². The number of hydrogen-bond donors (Lipinski definition) is 0. The topological polar surface area (TPSA) is 17.1 Å². The lowest BCUT2D eigenvalue weighted by Gasteiger charge is -2.31. The van der Waals surface area contributed by atoms with Gasteiger partial charge >= 0.3 is 0 Å². The van der Waals surface area contributed by atoms with E-state index in [-0.39, 0.29) is 0 Å². The Hall–Kier alpha value is -0.370. The molecular formula is C12H26NO+. The zero-order valence-electron chi connectivity index (χ0n) is 10.5. The molecule has 0 aliphatic carbocycles. The molecule has 0 spiro atoms. The summed E-state index contributed by atoms with van der Waals surface area (Å²) in [5.74, 6) is 0.432. The third-order valence-corrected chi connectivity index (χ3v) is 2.93. The minimum absolute atomic E-state index is 0.432. The molecule has 0 aliphatic heterocycles. The molecule has 0 rings (SSSR count). The molecule has 0 amide bonds. The molecule has 2 heteroatoms. The van der Waals surface area contributed by atoms with Gasteiger partial charge in [0.1, 0.15) is 5.78 Å². The highest BCUT2D eigenvalue weighted by Gasteiger charge is 2.17. The fourth-order valence-corrected chi connectivity index (χ4v) is 1.39. The Morgan fingerprint density at radius 3 is 2.21 bits per heavy atom. The molecule has 2 nitrogen and oxygen atoms in total. The molecule has 0 fully saturated rings. The average molecular weight is 200 g/mol. The van der Waals surface area contributed by atoms with Gasteiger partial charge < -0.3 is 4.48 Å². The predicted octanol–water partition coefficient (Wildman–Crippen LogP) is 2.62. The summed E-state index contributed by atoms with van der Waals surface area (Å²) in [7, 11) is 6.62. The number of nitrogens with zero attached hydrogens (tertiary/aromatic N) is 1. The zero-order valence-corrected chi connectivity index (χ0v) is 10.5. The van der Waals surface area contributed by atoms with Gasteiger partial charge in [0.15, 0.2) is 0 Å². The molecule has 1 unspecified atom stereocenters. The smallest absolute Gasteiger partial charge is 0.132 e. The van der Waals surface area contributed by atoms with E-state index >= 15 is 0 Å². The van der Waals surface area contributed by atoms with E-state index in [0.29, 0.717) is 11.8 Å². The number of hydrogen-bond acceptors (Lipinski definition) is 1. The average Bonchev–Trinajstić information content (AvgIpc) is 2.02. The maximum atomic E-state index is 11.3. The number of carbonyl (C=O) groups is 1. The lowest BCUT2D eigenvalue weighted by Crippen LogP contribution is -2.43. The number of ketones is 1. The Kier molecular flexibility index (Phi) is 6.01. The maximum absolute atomic E-state index is 11.3. The lowest BCUT2D eigenvalue weighted by atomic mass is 10.1. The monoisotopic (exact) mass is 200 g/mol.